The number of nitrogens with one attached hydrogen (secondary N) is 1. The number of hydrogen-bond donors (Lipinski definition) is 1. The lowest BCUT2D eigenvalue weighted by molar-refractivity contribution is 0.0934. The van der Waals surface area contributed by atoms with Gasteiger partial charge in [0.05, 0.1) is 4.47 Å². The van der Waals surface area contributed by atoms with Crippen molar-refractivity contribution >= 4 is 37.8 Å². The first-order valence-corrected chi connectivity index (χ1v) is 4.40. The van der Waals surface area contributed by atoms with Crippen LogP contribution in [0.25, 0.3) is 0 Å². The Hall–Kier alpha value is -0.290. The summed E-state index contributed by atoms with van der Waals surface area (Å²) in [5, 5.41) is 2.45. The van der Waals surface area contributed by atoms with Gasteiger partial charge in [0.15, 0.2) is 10.4 Å². The van der Waals surface area contributed by atoms with Crippen LogP contribution in [0, 0.1) is 0 Å². The maximum absolute atomic E-state index is 10.9. The summed E-state index contributed by atoms with van der Waals surface area (Å²) < 4.78 is 6.28. The van der Waals surface area contributed by atoms with E-state index in [4.69, 9.17) is 4.42 Å². The molecule has 0 radical (unpaired) electrons. The van der Waals surface area contributed by atoms with E-state index in [1.165, 1.54) is 0 Å². The largest absolute Gasteiger partial charge is 0.443 e. The van der Waals surface area contributed by atoms with Gasteiger partial charge in [0.2, 0.25) is 0 Å². The summed E-state index contributed by atoms with van der Waals surface area (Å²) in [6.07, 6.45) is 0. The fraction of sp³-hybridized carbons (Fsp3) is 0.167. The smallest absolute Gasteiger partial charge is 0.286 e. The highest BCUT2D eigenvalue weighted by Crippen LogP contribution is 2.26. The van der Waals surface area contributed by atoms with Crippen molar-refractivity contribution in [2.75, 3.05) is 7.05 Å². The minimum Gasteiger partial charge on any atom is -0.443 e. The van der Waals surface area contributed by atoms with E-state index in [2.05, 4.69) is 37.2 Å². The van der Waals surface area contributed by atoms with Gasteiger partial charge in [0, 0.05) is 13.1 Å². The van der Waals surface area contributed by atoms with Crippen LogP contribution in [0.15, 0.2) is 19.6 Å². The third kappa shape index (κ3) is 1.84. The second kappa shape index (κ2) is 3.40. The number of hydrogen-bond acceptors (Lipinski definition) is 2. The zero-order valence-corrected chi connectivity index (χ0v) is 8.82. The predicted molar refractivity (Wildman–Crippen MR) is 47.5 cm³/mol. The minimum absolute atomic E-state index is 0.239. The van der Waals surface area contributed by atoms with Crippen molar-refractivity contribution in [1.29, 1.82) is 0 Å². The predicted octanol–water partition coefficient (Wildman–Crippen LogP) is 2.16. The Balaban J connectivity index is 2.97. The highest BCUT2D eigenvalue weighted by molar-refractivity contribution is 9.13. The van der Waals surface area contributed by atoms with E-state index >= 15 is 0 Å². The van der Waals surface area contributed by atoms with Crippen LogP contribution in [0.3, 0.4) is 0 Å². The number of rotatable bonds is 1. The quantitative estimate of drug-likeness (QED) is 0.858. The Labute approximate surface area is 80.4 Å². The Bertz CT molecular complexity index is 263. The Morgan fingerprint density at radius 1 is 1.64 bits per heavy atom. The van der Waals surface area contributed by atoms with Crippen molar-refractivity contribution in [3.63, 3.8) is 0 Å². The Morgan fingerprint density at radius 3 is 2.64 bits per heavy atom. The van der Waals surface area contributed by atoms with E-state index in [0.717, 1.165) is 4.47 Å². The standard InChI is InChI=1S/C6H5Br2NO2/c1-9-6(10)4-2-3(7)5(8)11-4/h2H,1H3,(H,9,10). The van der Waals surface area contributed by atoms with Crippen molar-refractivity contribution in [2.45, 2.75) is 0 Å². The summed E-state index contributed by atoms with van der Waals surface area (Å²) in [5.41, 5.74) is 0. The molecule has 1 aromatic rings. The molecule has 0 fully saturated rings. The molecule has 0 unspecified atom stereocenters. The first-order valence-electron chi connectivity index (χ1n) is 2.82. The van der Waals surface area contributed by atoms with Gasteiger partial charge >= 0.3 is 0 Å². The second-order valence-corrected chi connectivity index (χ2v) is 3.39. The molecule has 0 aromatic carbocycles. The van der Waals surface area contributed by atoms with Crippen molar-refractivity contribution in [3.05, 3.63) is 21.0 Å². The van der Waals surface area contributed by atoms with Gasteiger partial charge in [-0.1, -0.05) is 0 Å². The number of carbonyl (C=O) groups is 1. The number of amides is 1. The van der Waals surface area contributed by atoms with Crippen molar-refractivity contribution in [1.82, 2.24) is 5.32 Å². The summed E-state index contributed by atoms with van der Waals surface area (Å²) >= 11 is 6.31. The molecule has 11 heavy (non-hydrogen) atoms. The normalized spacial score (nSPS) is 9.73. The van der Waals surface area contributed by atoms with Gasteiger partial charge < -0.3 is 9.73 Å². The molecule has 0 aliphatic heterocycles. The Kier molecular flexibility index (Phi) is 2.72. The third-order valence-corrected chi connectivity index (χ3v) is 2.81. The van der Waals surface area contributed by atoms with Gasteiger partial charge in [-0.2, -0.15) is 0 Å². The molecule has 0 saturated carbocycles. The zero-order chi connectivity index (χ0) is 8.43. The molecule has 0 bridgehead atoms. The molecule has 60 valence electrons. The first kappa shape index (κ1) is 8.80. The van der Waals surface area contributed by atoms with Crippen molar-refractivity contribution in [2.24, 2.45) is 0 Å². The van der Waals surface area contributed by atoms with Gasteiger partial charge in [0.25, 0.3) is 5.91 Å². The number of furan rings is 1. The molecule has 0 saturated heterocycles. The monoisotopic (exact) mass is 281 g/mol. The molecule has 1 amide bonds. The van der Waals surface area contributed by atoms with E-state index in [0.29, 0.717) is 4.67 Å². The SMILES string of the molecule is CNC(=O)c1cc(Br)c(Br)o1. The topological polar surface area (TPSA) is 42.2 Å². The molecule has 1 heterocycles. The molecule has 3 nitrogen and oxygen atoms in total. The summed E-state index contributed by atoms with van der Waals surface area (Å²) in [7, 11) is 1.55. The molecule has 1 aromatic heterocycles. The molecule has 1 rings (SSSR count). The zero-order valence-electron chi connectivity index (χ0n) is 5.65. The van der Waals surface area contributed by atoms with E-state index in [1.807, 2.05) is 0 Å². The van der Waals surface area contributed by atoms with Crippen molar-refractivity contribution < 1.29 is 9.21 Å². The van der Waals surface area contributed by atoms with E-state index < -0.39 is 0 Å². The lowest BCUT2D eigenvalue weighted by atomic mass is 10.4. The Morgan fingerprint density at radius 2 is 2.27 bits per heavy atom. The molecule has 0 spiro atoms. The van der Waals surface area contributed by atoms with E-state index in [-0.39, 0.29) is 11.7 Å². The van der Waals surface area contributed by atoms with Gasteiger partial charge in [-0.25, -0.2) is 0 Å². The first-order chi connectivity index (χ1) is 5.15. The fourth-order valence-electron chi connectivity index (χ4n) is 0.582. The van der Waals surface area contributed by atoms with Crippen LogP contribution >= 0.6 is 31.9 Å². The van der Waals surface area contributed by atoms with Crippen LogP contribution in [0.2, 0.25) is 0 Å². The summed E-state index contributed by atoms with van der Waals surface area (Å²) in [5.74, 6) is 0.0441. The maximum Gasteiger partial charge on any atom is 0.286 e. The van der Waals surface area contributed by atoms with E-state index in [1.54, 1.807) is 13.1 Å². The molecule has 1 N–H and O–H groups in total. The minimum atomic E-state index is -0.239. The second-order valence-electron chi connectivity index (χ2n) is 1.81. The molecular formula is C6H5Br2NO2. The van der Waals surface area contributed by atoms with Gasteiger partial charge in [-0.15, -0.1) is 0 Å². The molecular weight excluding hydrogens is 278 g/mol. The summed E-state index contributed by atoms with van der Waals surface area (Å²) in [4.78, 5) is 10.9. The van der Waals surface area contributed by atoms with Crippen LogP contribution in [0.5, 0.6) is 0 Å². The van der Waals surface area contributed by atoms with Gasteiger partial charge in [-0.05, 0) is 31.9 Å². The fourth-order valence-corrected chi connectivity index (χ4v) is 1.16. The molecule has 0 aliphatic carbocycles. The van der Waals surface area contributed by atoms with Gasteiger partial charge in [-0.3, -0.25) is 4.79 Å². The van der Waals surface area contributed by atoms with Crippen LogP contribution in [0.1, 0.15) is 10.6 Å². The summed E-state index contributed by atoms with van der Waals surface area (Å²) in [6.45, 7) is 0. The van der Waals surface area contributed by atoms with Crippen LogP contribution in [-0.4, -0.2) is 13.0 Å². The molecule has 5 heteroatoms. The lowest BCUT2D eigenvalue weighted by Gasteiger charge is -1.90. The van der Waals surface area contributed by atoms with E-state index in [9.17, 15) is 4.79 Å². The molecule has 0 atom stereocenters. The van der Waals surface area contributed by atoms with Crippen molar-refractivity contribution in [3.8, 4) is 0 Å². The lowest BCUT2D eigenvalue weighted by Crippen LogP contribution is -2.16. The highest BCUT2D eigenvalue weighted by atomic mass is 79.9. The molecule has 0 aliphatic rings. The average Bonchev–Trinajstić information content (AvgIpc) is 2.31. The van der Waals surface area contributed by atoms with Crippen LogP contribution in [-0.2, 0) is 0 Å². The van der Waals surface area contributed by atoms with Gasteiger partial charge in [0.1, 0.15) is 0 Å². The van der Waals surface area contributed by atoms with Crippen LogP contribution in [0.4, 0.5) is 0 Å². The average molecular weight is 283 g/mol. The number of halogens is 2. The maximum atomic E-state index is 10.9. The van der Waals surface area contributed by atoms with Crippen LogP contribution < -0.4 is 5.32 Å². The highest BCUT2D eigenvalue weighted by Gasteiger charge is 2.11. The summed E-state index contributed by atoms with van der Waals surface area (Å²) in [6, 6.07) is 1.60. The number of carbonyl (C=O) groups excluding carboxylic acids is 1. The third-order valence-electron chi connectivity index (χ3n) is 1.10.